The lowest BCUT2D eigenvalue weighted by atomic mass is 10.2. The number of carbonyl (C=O) groups excluding carboxylic acids is 1. The first-order valence-corrected chi connectivity index (χ1v) is 12.5. The second-order valence-electron chi connectivity index (χ2n) is 7.71. The maximum absolute atomic E-state index is 13.3. The second kappa shape index (κ2) is 12.1. The first-order valence-electron chi connectivity index (χ1n) is 11.1. The van der Waals surface area contributed by atoms with E-state index >= 15 is 0 Å². The van der Waals surface area contributed by atoms with Crippen LogP contribution < -0.4 is 14.9 Å². The number of sulfonamides is 1. The topological polar surface area (TPSA) is 97.3 Å². The third-order valence-electron chi connectivity index (χ3n) is 5.07. The number of amides is 1. The number of aryl methyl sites for hydroxylation is 1. The van der Waals surface area contributed by atoms with Gasteiger partial charge in [0.1, 0.15) is 0 Å². The Morgan fingerprint density at radius 3 is 2.40 bits per heavy atom. The third-order valence-corrected chi connectivity index (χ3v) is 6.88. The molecule has 0 saturated heterocycles. The van der Waals surface area contributed by atoms with E-state index in [-0.39, 0.29) is 11.4 Å². The number of hydrazone groups is 1. The summed E-state index contributed by atoms with van der Waals surface area (Å²) in [6, 6.07) is 20.9. The molecule has 0 spiro atoms. The quantitative estimate of drug-likeness (QED) is 0.323. The molecule has 35 heavy (non-hydrogen) atoms. The molecule has 1 amide bonds. The van der Waals surface area contributed by atoms with Crippen LogP contribution in [0.1, 0.15) is 23.6 Å². The first kappa shape index (κ1) is 25.9. The van der Waals surface area contributed by atoms with Gasteiger partial charge in [-0.05, 0) is 55.3 Å². The molecular formula is C26H29N3O5S. The molecule has 0 heterocycles. The molecule has 0 radical (unpaired) electrons. The molecule has 3 aromatic carbocycles. The molecule has 0 aliphatic heterocycles. The lowest BCUT2D eigenvalue weighted by molar-refractivity contribution is -0.121. The lowest BCUT2D eigenvalue weighted by Gasteiger charge is -2.21. The molecule has 0 bridgehead atoms. The van der Waals surface area contributed by atoms with Gasteiger partial charge < -0.3 is 9.47 Å². The van der Waals surface area contributed by atoms with E-state index in [0.29, 0.717) is 23.7 Å². The number of hydrogen-bond donors (Lipinski definition) is 1. The Balaban J connectivity index is 1.74. The van der Waals surface area contributed by atoms with Crippen molar-refractivity contribution in [3.63, 3.8) is 0 Å². The van der Waals surface area contributed by atoms with Crippen LogP contribution in [0.4, 0.5) is 0 Å². The van der Waals surface area contributed by atoms with Crippen LogP contribution in [0.25, 0.3) is 0 Å². The number of rotatable bonds is 11. The molecule has 0 saturated carbocycles. The van der Waals surface area contributed by atoms with E-state index in [1.165, 1.54) is 25.5 Å². The summed E-state index contributed by atoms with van der Waals surface area (Å²) in [5.41, 5.74) is 4.80. The Kier molecular flexibility index (Phi) is 8.99. The maximum Gasteiger partial charge on any atom is 0.255 e. The summed E-state index contributed by atoms with van der Waals surface area (Å²) in [7, 11) is -2.38. The molecule has 184 valence electrons. The Morgan fingerprint density at radius 1 is 1.03 bits per heavy atom. The SMILES string of the molecule is CCOc1ccc(/C=N\NC(=O)CN(Cc2ccccc2)S(=O)(=O)c2ccc(C)cc2)cc1OC. The van der Waals surface area contributed by atoms with Crippen molar-refractivity contribution in [1.82, 2.24) is 9.73 Å². The number of ether oxygens (including phenoxy) is 2. The highest BCUT2D eigenvalue weighted by Gasteiger charge is 2.26. The summed E-state index contributed by atoms with van der Waals surface area (Å²) in [5.74, 6) is 0.583. The Bertz CT molecular complexity index is 1260. The zero-order valence-electron chi connectivity index (χ0n) is 20.0. The minimum absolute atomic E-state index is 0.0459. The highest BCUT2D eigenvalue weighted by molar-refractivity contribution is 7.89. The average molecular weight is 496 g/mol. The van der Waals surface area contributed by atoms with E-state index in [1.807, 2.05) is 44.2 Å². The van der Waals surface area contributed by atoms with Gasteiger partial charge in [-0.25, -0.2) is 13.8 Å². The number of carbonyl (C=O) groups is 1. The molecule has 3 aromatic rings. The van der Waals surface area contributed by atoms with Crippen LogP contribution in [0.15, 0.2) is 82.8 Å². The number of benzene rings is 3. The van der Waals surface area contributed by atoms with Gasteiger partial charge in [0, 0.05) is 6.54 Å². The molecule has 1 N–H and O–H groups in total. The van der Waals surface area contributed by atoms with Crippen molar-refractivity contribution >= 4 is 22.1 Å². The molecule has 0 atom stereocenters. The smallest absolute Gasteiger partial charge is 0.255 e. The Hall–Kier alpha value is -3.69. The van der Waals surface area contributed by atoms with Gasteiger partial charge in [-0.1, -0.05) is 48.0 Å². The van der Waals surface area contributed by atoms with Crippen LogP contribution in [-0.2, 0) is 21.4 Å². The van der Waals surface area contributed by atoms with Crippen LogP contribution in [0.5, 0.6) is 11.5 Å². The van der Waals surface area contributed by atoms with Gasteiger partial charge in [0.2, 0.25) is 10.0 Å². The van der Waals surface area contributed by atoms with Crippen LogP contribution in [0, 0.1) is 6.92 Å². The van der Waals surface area contributed by atoms with Crippen molar-refractivity contribution in [1.29, 1.82) is 0 Å². The fourth-order valence-corrected chi connectivity index (χ4v) is 4.67. The lowest BCUT2D eigenvalue weighted by Crippen LogP contribution is -2.39. The van der Waals surface area contributed by atoms with Gasteiger partial charge >= 0.3 is 0 Å². The highest BCUT2D eigenvalue weighted by Crippen LogP contribution is 2.27. The van der Waals surface area contributed by atoms with E-state index in [1.54, 1.807) is 30.3 Å². The molecule has 9 heteroatoms. The second-order valence-corrected chi connectivity index (χ2v) is 9.65. The van der Waals surface area contributed by atoms with E-state index in [9.17, 15) is 13.2 Å². The van der Waals surface area contributed by atoms with Crippen molar-refractivity contribution in [2.24, 2.45) is 5.10 Å². The standard InChI is InChI=1S/C26H29N3O5S/c1-4-34-24-15-12-22(16-25(24)33-3)17-27-28-26(30)19-29(18-21-8-6-5-7-9-21)35(31,32)23-13-10-20(2)11-14-23/h5-17H,4,18-19H2,1-3H3,(H,28,30)/b27-17-. The maximum atomic E-state index is 13.3. The monoisotopic (exact) mass is 495 g/mol. The summed E-state index contributed by atoms with van der Waals surface area (Å²) in [6.07, 6.45) is 1.45. The van der Waals surface area contributed by atoms with Crippen LogP contribution >= 0.6 is 0 Å². The predicted octanol–water partition coefficient (Wildman–Crippen LogP) is 3.74. The van der Waals surface area contributed by atoms with Crippen molar-refractivity contribution < 1.29 is 22.7 Å². The van der Waals surface area contributed by atoms with E-state index in [4.69, 9.17) is 9.47 Å². The van der Waals surface area contributed by atoms with Crippen LogP contribution in [0.2, 0.25) is 0 Å². The largest absolute Gasteiger partial charge is 0.493 e. The fourth-order valence-electron chi connectivity index (χ4n) is 3.29. The van der Waals surface area contributed by atoms with Gasteiger partial charge in [0.05, 0.1) is 31.4 Å². The summed E-state index contributed by atoms with van der Waals surface area (Å²) in [6.45, 7) is 3.91. The van der Waals surface area contributed by atoms with E-state index in [2.05, 4.69) is 10.5 Å². The number of nitrogens with one attached hydrogen (secondary N) is 1. The molecule has 0 aromatic heterocycles. The normalized spacial score (nSPS) is 11.5. The van der Waals surface area contributed by atoms with Gasteiger partial charge in [-0.15, -0.1) is 0 Å². The zero-order valence-corrected chi connectivity index (χ0v) is 20.8. The first-order chi connectivity index (χ1) is 16.8. The van der Waals surface area contributed by atoms with Crippen LogP contribution in [0.3, 0.4) is 0 Å². The molecule has 0 aliphatic rings. The molecule has 3 rings (SSSR count). The average Bonchev–Trinajstić information content (AvgIpc) is 2.85. The fraction of sp³-hybridized carbons (Fsp3) is 0.231. The van der Waals surface area contributed by atoms with E-state index in [0.717, 1.165) is 15.4 Å². The molecule has 0 fully saturated rings. The zero-order chi connectivity index (χ0) is 25.3. The molecule has 0 aliphatic carbocycles. The molecule has 0 unspecified atom stereocenters. The minimum Gasteiger partial charge on any atom is -0.493 e. The van der Waals surface area contributed by atoms with Crippen molar-refractivity contribution in [2.75, 3.05) is 20.3 Å². The van der Waals surface area contributed by atoms with Gasteiger partial charge in [-0.3, -0.25) is 4.79 Å². The summed E-state index contributed by atoms with van der Waals surface area (Å²) in [5, 5.41) is 3.98. The van der Waals surface area contributed by atoms with Crippen molar-refractivity contribution in [3.05, 3.63) is 89.5 Å². The Morgan fingerprint density at radius 2 is 1.74 bits per heavy atom. The van der Waals surface area contributed by atoms with Crippen molar-refractivity contribution in [2.45, 2.75) is 25.3 Å². The highest BCUT2D eigenvalue weighted by atomic mass is 32.2. The Labute approximate surface area is 206 Å². The summed E-state index contributed by atoms with van der Waals surface area (Å²) < 4.78 is 38.6. The number of methoxy groups -OCH3 is 1. The molecule has 8 nitrogen and oxygen atoms in total. The number of nitrogens with zero attached hydrogens (tertiary/aromatic N) is 2. The predicted molar refractivity (Wildman–Crippen MR) is 135 cm³/mol. The molecular weight excluding hydrogens is 466 g/mol. The van der Waals surface area contributed by atoms with Crippen molar-refractivity contribution in [3.8, 4) is 11.5 Å². The van der Waals surface area contributed by atoms with Gasteiger partial charge in [0.15, 0.2) is 11.5 Å². The summed E-state index contributed by atoms with van der Waals surface area (Å²) in [4.78, 5) is 12.8. The minimum atomic E-state index is -3.92. The van der Waals surface area contributed by atoms with Gasteiger partial charge in [-0.2, -0.15) is 9.41 Å². The van der Waals surface area contributed by atoms with E-state index < -0.39 is 22.5 Å². The number of hydrogen-bond acceptors (Lipinski definition) is 6. The van der Waals surface area contributed by atoms with Crippen LogP contribution in [-0.4, -0.2) is 45.1 Å². The summed E-state index contributed by atoms with van der Waals surface area (Å²) >= 11 is 0. The third kappa shape index (κ3) is 7.14. The van der Waals surface area contributed by atoms with Gasteiger partial charge in [0.25, 0.3) is 5.91 Å².